The van der Waals surface area contributed by atoms with Gasteiger partial charge in [0, 0.05) is 25.2 Å². The van der Waals surface area contributed by atoms with E-state index >= 15 is 0 Å². The topological polar surface area (TPSA) is 76.2 Å². The fraction of sp³-hybridized carbons (Fsp3) is 0.562. The lowest BCUT2D eigenvalue weighted by Gasteiger charge is -2.40. The van der Waals surface area contributed by atoms with Crippen LogP contribution in [0.5, 0.6) is 11.5 Å². The molecule has 0 N–H and O–H groups in total. The third-order valence-electron chi connectivity index (χ3n) is 4.80. The van der Waals surface area contributed by atoms with Gasteiger partial charge in [0.15, 0.2) is 11.5 Å². The highest BCUT2D eigenvalue weighted by Gasteiger charge is 2.45. The second-order valence-electron chi connectivity index (χ2n) is 6.10. The lowest BCUT2D eigenvalue weighted by molar-refractivity contribution is -0.139. The zero-order valence-electron chi connectivity index (χ0n) is 14.1. The third-order valence-corrected chi connectivity index (χ3v) is 6.73. The number of fused-ring (bicyclic) bond motifs is 1. The number of benzene rings is 1. The fourth-order valence-electron chi connectivity index (χ4n) is 3.46. The first-order chi connectivity index (χ1) is 11.4. The van der Waals surface area contributed by atoms with E-state index in [0.29, 0.717) is 18.0 Å². The van der Waals surface area contributed by atoms with E-state index < -0.39 is 16.1 Å². The maximum absolute atomic E-state index is 13.1. The number of hydrogen-bond donors (Lipinski definition) is 0. The van der Waals surface area contributed by atoms with Crippen molar-refractivity contribution in [3.05, 3.63) is 18.2 Å². The van der Waals surface area contributed by atoms with Gasteiger partial charge in [0.05, 0.1) is 19.1 Å². The highest BCUT2D eigenvalue weighted by molar-refractivity contribution is 7.89. The molecule has 132 valence electrons. The lowest BCUT2D eigenvalue weighted by atomic mass is 10.1. The molecular weight excluding hydrogens is 332 g/mol. The van der Waals surface area contributed by atoms with E-state index in [1.807, 2.05) is 4.90 Å². The van der Waals surface area contributed by atoms with Gasteiger partial charge in [-0.15, -0.1) is 0 Å². The summed E-state index contributed by atoms with van der Waals surface area (Å²) in [7, 11) is -0.842. The van der Waals surface area contributed by atoms with E-state index in [1.165, 1.54) is 30.7 Å². The van der Waals surface area contributed by atoms with Gasteiger partial charge < -0.3 is 14.4 Å². The van der Waals surface area contributed by atoms with Crippen LogP contribution >= 0.6 is 0 Å². The van der Waals surface area contributed by atoms with Crippen molar-refractivity contribution >= 4 is 15.9 Å². The number of rotatable bonds is 4. The molecule has 1 amide bonds. The van der Waals surface area contributed by atoms with Crippen LogP contribution in [0.4, 0.5) is 0 Å². The van der Waals surface area contributed by atoms with Gasteiger partial charge in [-0.2, -0.15) is 4.31 Å². The van der Waals surface area contributed by atoms with E-state index in [2.05, 4.69) is 0 Å². The van der Waals surface area contributed by atoms with E-state index in [9.17, 15) is 13.2 Å². The Balaban J connectivity index is 1.96. The molecule has 0 bridgehead atoms. The van der Waals surface area contributed by atoms with Gasteiger partial charge in [-0.05, 0) is 31.9 Å². The molecule has 2 heterocycles. The molecule has 7 nitrogen and oxygen atoms in total. The van der Waals surface area contributed by atoms with Crippen LogP contribution in [0.15, 0.2) is 23.1 Å². The molecule has 1 aromatic carbocycles. The summed E-state index contributed by atoms with van der Waals surface area (Å²) in [5, 5.41) is 0. The average molecular weight is 354 g/mol. The van der Waals surface area contributed by atoms with Crippen LogP contribution in [0.2, 0.25) is 0 Å². The molecule has 2 atom stereocenters. The molecule has 0 spiro atoms. The quantitative estimate of drug-likeness (QED) is 0.809. The molecule has 24 heavy (non-hydrogen) atoms. The number of nitrogens with zero attached hydrogens (tertiary/aromatic N) is 2. The summed E-state index contributed by atoms with van der Waals surface area (Å²) >= 11 is 0. The molecule has 1 aromatic rings. The Morgan fingerprint density at radius 2 is 1.88 bits per heavy atom. The average Bonchev–Trinajstić information content (AvgIpc) is 3.06. The summed E-state index contributed by atoms with van der Waals surface area (Å²) in [6.45, 7) is 2.71. The van der Waals surface area contributed by atoms with Gasteiger partial charge >= 0.3 is 0 Å². The van der Waals surface area contributed by atoms with Crippen molar-refractivity contribution in [1.82, 2.24) is 9.21 Å². The Morgan fingerprint density at radius 3 is 2.54 bits per heavy atom. The van der Waals surface area contributed by atoms with Gasteiger partial charge in [-0.3, -0.25) is 4.79 Å². The minimum Gasteiger partial charge on any atom is -0.493 e. The van der Waals surface area contributed by atoms with Gasteiger partial charge in [0.2, 0.25) is 15.9 Å². The summed E-state index contributed by atoms with van der Waals surface area (Å²) in [5.41, 5.74) is 0. The van der Waals surface area contributed by atoms with Crippen LogP contribution in [-0.2, 0) is 14.8 Å². The van der Waals surface area contributed by atoms with Crippen LogP contribution in [0, 0.1) is 0 Å². The SMILES string of the molecule is COc1ccc(S(=O)(=O)N2C[C@@H]3CCCN3C(=O)[C@@H]2C)cc1OC. The largest absolute Gasteiger partial charge is 0.493 e. The zero-order valence-corrected chi connectivity index (χ0v) is 14.9. The van der Waals surface area contributed by atoms with Crippen LogP contribution < -0.4 is 9.47 Å². The Bertz CT molecular complexity index is 749. The van der Waals surface area contributed by atoms with Gasteiger partial charge in [-0.1, -0.05) is 0 Å². The fourth-order valence-corrected chi connectivity index (χ4v) is 5.10. The van der Waals surface area contributed by atoms with E-state index in [-0.39, 0.29) is 16.8 Å². The molecule has 2 fully saturated rings. The molecule has 8 heteroatoms. The highest BCUT2D eigenvalue weighted by Crippen LogP contribution is 2.33. The number of carbonyl (C=O) groups excluding carboxylic acids is 1. The van der Waals surface area contributed by atoms with E-state index in [0.717, 1.165) is 19.4 Å². The number of ether oxygens (including phenoxy) is 2. The minimum absolute atomic E-state index is 0.0244. The number of carbonyl (C=O) groups is 1. The molecule has 0 radical (unpaired) electrons. The maximum Gasteiger partial charge on any atom is 0.244 e. The van der Waals surface area contributed by atoms with E-state index in [1.54, 1.807) is 13.0 Å². The number of sulfonamides is 1. The first-order valence-electron chi connectivity index (χ1n) is 7.94. The molecule has 0 aromatic heterocycles. The van der Waals surface area contributed by atoms with Gasteiger partial charge in [0.1, 0.15) is 6.04 Å². The highest BCUT2D eigenvalue weighted by atomic mass is 32.2. The zero-order chi connectivity index (χ0) is 17.5. The number of amides is 1. The third kappa shape index (κ3) is 2.63. The predicted molar refractivity (Wildman–Crippen MR) is 87.6 cm³/mol. The van der Waals surface area contributed by atoms with Crippen LogP contribution in [0.3, 0.4) is 0 Å². The summed E-state index contributed by atoms with van der Waals surface area (Å²) < 4.78 is 37.8. The van der Waals surface area contributed by atoms with Crippen molar-refractivity contribution in [3.8, 4) is 11.5 Å². The Hall–Kier alpha value is -1.80. The first-order valence-corrected chi connectivity index (χ1v) is 9.38. The monoisotopic (exact) mass is 354 g/mol. The number of piperazine rings is 1. The van der Waals surface area contributed by atoms with Crippen LogP contribution in [0.1, 0.15) is 19.8 Å². The van der Waals surface area contributed by atoms with Crippen molar-refractivity contribution in [3.63, 3.8) is 0 Å². The van der Waals surface area contributed by atoms with Crippen LogP contribution in [0.25, 0.3) is 0 Å². The molecule has 2 saturated heterocycles. The predicted octanol–water partition coefficient (Wildman–Crippen LogP) is 1.09. The molecule has 3 rings (SSSR count). The normalized spacial score (nSPS) is 24.8. The summed E-state index contributed by atoms with van der Waals surface area (Å²) in [5.74, 6) is 0.686. The van der Waals surface area contributed by atoms with Crippen molar-refractivity contribution in [2.24, 2.45) is 0 Å². The lowest BCUT2D eigenvalue weighted by Crippen LogP contribution is -2.59. The Morgan fingerprint density at radius 1 is 1.17 bits per heavy atom. The van der Waals surface area contributed by atoms with Crippen molar-refractivity contribution in [2.75, 3.05) is 27.3 Å². The van der Waals surface area contributed by atoms with Gasteiger partial charge in [0.25, 0.3) is 0 Å². The summed E-state index contributed by atoms with van der Waals surface area (Å²) in [6.07, 6.45) is 1.77. The van der Waals surface area contributed by atoms with Crippen molar-refractivity contribution in [2.45, 2.75) is 36.7 Å². The smallest absolute Gasteiger partial charge is 0.244 e. The van der Waals surface area contributed by atoms with E-state index in [4.69, 9.17) is 9.47 Å². The standard InChI is InChI=1S/C16H22N2O5S/c1-11-16(19)17-8-4-5-12(17)10-18(11)24(20,21)13-6-7-14(22-2)15(9-13)23-3/h6-7,9,11-12H,4-5,8,10H2,1-3H3/t11-,12-/m0/s1. The van der Waals surface area contributed by atoms with Gasteiger partial charge in [-0.25, -0.2) is 8.42 Å². The maximum atomic E-state index is 13.1. The second kappa shape index (κ2) is 6.25. The molecule has 2 aliphatic heterocycles. The molecule has 2 aliphatic rings. The summed E-state index contributed by atoms with van der Waals surface area (Å²) in [4.78, 5) is 14.4. The second-order valence-corrected chi connectivity index (χ2v) is 7.99. The molecular formula is C16H22N2O5S. The number of methoxy groups -OCH3 is 2. The minimum atomic E-state index is -3.79. The number of hydrogen-bond acceptors (Lipinski definition) is 5. The molecule has 0 aliphatic carbocycles. The van der Waals surface area contributed by atoms with Crippen molar-refractivity contribution < 1.29 is 22.7 Å². The van der Waals surface area contributed by atoms with Crippen LogP contribution in [-0.4, -0.2) is 62.9 Å². The van der Waals surface area contributed by atoms with Crippen molar-refractivity contribution in [1.29, 1.82) is 0 Å². The summed E-state index contributed by atoms with van der Waals surface area (Å²) in [6, 6.07) is 3.76. The molecule has 0 saturated carbocycles. The molecule has 0 unspecified atom stereocenters. The Labute approximate surface area is 142 Å². The Kier molecular flexibility index (Phi) is 4.44. The first kappa shape index (κ1) is 17.0.